The van der Waals surface area contributed by atoms with E-state index in [1.54, 1.807) is 0 Å². The van der Waals surface area contributed by atoms with Crippen LogP contribution in [0.3, 0.4) is 0 Å². The molecule has 14 rings (SSSR count). The van der Waals surface area contributed by atoms with Gasteiger partial charge >= 0.3 is 0 Å². The molecule has 0 spiro atoms. The number of para-hydroxylation sites is 2. The molecule has 2 aliphatic heterocycles. The lowest BCUT2D eigenvalue weighted by atomic mass is 9.81. The average Bonchev–Trinajstić information content (AvgIpc) is 3.67. The van der Waals surface area contributed by atoms with Crippen molar-refractivity contribution in [2.24, 2.45) is 11.8 Å². The highest BCUT2D eigenvalue weighted by Gasteiger charge is 2.32. The van der Waals surface area contributed by atoms with E-state index in [9.17, 15) is 0 Å². The summed E-state index contributed by atoms with van der Waals surface area (Å²) in [6.45, 7) is 0. The number of hydrogen-bond donors (Lipinski definition) is 0. The van der Waals surface area contributed by atoms with Crippen LogP contribution in [-0.2, 0) is 6.42 Å². The molecule has 9 aromatic rings. The summed E-state index contributed by atoms with van der Waals surface area (Å²) in [5, 5.41) is 7.59. The van der Waals surface area contributed by atoms with Crippen molar-refractivity contribution in [1.29, 1.82) is 0 Å². The molecule has 0 saturated heterocycles. The second-order valence-electron chi connectivity index (χ2n) is 18.7. The van der Waals surface area contributed by atoms with Gasteiger partial charge < -0.3 is 9.80 Å². The molecule has 0 bridgehead atoms. The number of nitrogens with zero attached hydrogens (tertiary/aromatic N) is 2. The van der Waals surface area contributed by atoms with E-state index in [4.69, 9.17) is 0 Å². The molecule has 0 N–H and O–H groups in total. The zero-order chi connectivity index (χ0) is 44.7. The third-order valence-corrected chi connectivity index (χ3v) is 14.9. The molecule has 5 aliphatic rings. The van der Waals surface area contributed by atoms with Gasteiger partial charge in [0, 0.05) is 22.9 Å². The van der Waals surface area contributed by atoms with Crippen LogP contribution in [0.4, 0.5) is 28.4 Å². The molecule has 2 heterocycles. The van der Waals surface area contributed by atoms with Gasteiger partial charge in [-0.2, -0.15) is 0 Å². The van der Waals surface area contributed by atoms with Crippen molar-refractivity contribution in [1.82, 2.24) is 0 Å². The first-order valence-corrected chi connectivity index (χ1v) is 24.1. The molecule has 0 saturated carbocycles. The van der Waals surface area contributed by atoms with Crippen LogP contribution in [0.2, 0.25) is 0 Å². The van der Waals surface area contributed by atoms with Gasteiger partial charge in [-0.1, -0.05) is 194 Å². The predicted octanol–water partition coefficient (Wildman–Crippen LogP) is 17.8. The summed E-state index contributed by atoms with van der Waals surface area (Å²) in [5.41, 5.74) is 19.8. The Balaban J connectivity index is 0.973. The molecule has 2 atom stereocenters. The SMILES string of the molecule is C1=CC2C=CC=C(N3c4ccccc4C=Cc4ccc(-c5cc6cc(-c7ccc8c(c7)N(c7cccc9ccccc79)c7ccccc7C=C8)c7ccccc7c6c6c5CCC=C6)cc43)C2C=C1. The van der Waals surface area contributed by atoms with E-state index in [0.29, 0.717) is 5.92 Å². The topological polar surface area (TPSA) is 6.48 Å². The molecule has 68 heavy (non-hydrogen) atoms. The van der Waals surface area contributed by atoms with E-state index in [-0.39, 0.29) is 5.92 Å². The van der Waals surface area contributed by atoms with Gasteiger partial charge in [0.2, 0.25) is 0 Å². The van der Waals surface area contributed by atoms with Gasteiger partial charge in [0.25, 0.3) is 0 Å². The first-order chi connectivity index (χ1) is 33.7. The molecule has 0 amide bonds. The van der Waals surface area contributed by atoms with Crippen LogP contribution in [0, 0.1) is 11.8 Å². The van der Waals surface area contributed by atoms with Crippen LogP contribution in [0.5, 0.6) is 0 Å². The fraction of sp³-hybridized carbons (Fsp3) is 0.0606. The highest BCUT2D eigenvalue weighted by atomic mass is 15.2. The predicted molar refractivity (Wildman–Crippen MR) is 291 cm³/mol. The number of hydrogen-bond acceptors (Lipinski definition) is 2. The van der Waals surface area contributed by atoms with E-state index in [1.807, 2.05) is 0 Å². The molecule has 320 valence electrons. The second kappa shape index (κ2) is 15.6. The summed E-state index contributed by atoms with van der Waals surface area (Å²) in [6.07, 6.45) is 32.0. The van der Waals surface area contributed by atoms with Crippen LogP contribution in [0.15, 0.2) is 218 Å². The number of fused-ring (bicyclic) bond motifs is 11. The van der Waals surface area contributed by atoms with Gasteiger partial charge in [0.1, 0.15) is 0 Å². The Bertz CT molecular complexity index is 3820. The monoisotopic (exact) mass is 866 g/mol. The second-order valence-corrected chi connectivity index (χ2v) is 18.7. The standard InChI is InChI=1S/C66H46N2/c1-5-21-52-43(15-1)19-13-29-62(52)67-60-27-11-3-17-45(60)31-33-47-35-37-49(41-64(47)67)58-39-51-40-59(55-24-8-10-26-57(55)66(51)56-25-9-7-23-54(56)58)50-38-36-48-34-32-46-18-4-12-28-61(46)68(65(48)42-50)63-30-14-20-44-16-2-6-22-53(44)63/h1-7,9-23,25-42,44,53H,8,24H2. The minimum absolute atomic E-state index is 0.246. The fourth-order valence-electron chi connectivity index (χ4n) is 11.8. The Kier molecular flexibility index (Phi) is 8.88. The van der Waals surface area contributed by atoms with Crippen molar-refractivity contribution in [2.45, 2.75) is 12.8 Å². The molecule has 2 unspecified atom stereocenters. The van der Waals surface area contributed by atoms with E-state index in [0.717, 1.165) is 18.5 Å². The zero-order valence-corrected chi connectivity index (χ0v) is 37.6. The summed E-state index contributed by atoms with van der Waals surface area (Å²) in [7, 11) is 0. The van der Waals surface area contributed by atoms with Crippen LogP contribution in [0.1, 0.15) is 39.8 Å². The van der Waals surface area contributed by atoms with Gasteiger partial charge in [-0.3, -0.25) is 0 Å². The van der Waals surface area contributed by atoms with Gasteiger partial charge in [-0.15, -0.1) is 0 Å². The van der Waals surface area contributed by atoms with Crippen molar-refractivity contribution in [3.05, 3.63) is 251 Å². The van der Waals surface area contributed by atoms with Gasteiger partial charge in [0.05, 0.1) is 28.4 Å². The Morgan fingerprint density at radius 3 is 1.79 bits per heavy atom. The van der Waals surface area contributed by atoms with E-state index in [2.05, 4.69) is 253 Å². The molecular weight excluding hydrogens is 821 g/mol. The first-order valence-electron chi connectivity index (χ1n) is 24.1. The van der Waals surface area contributed by atoms with E-state index in [1.165, 1.54) is 116 Å². The molecule has 3 aliphatic carbocycles. The first kappa shape index (κ1) is 38.8. The largest absolute Gasteiger partial charge is 0.312 e. The highest BCUT2D eigenvalue weighted by Crippen LogP contribution is 2.50. The number of allylic oxidation sites excluding steroid dienone is 8. The minimum atomic E-state index is 0.246. The lowest BCUT2D eigenvalue weighted by molar-refractivity contribution is 0.612. The lowest BCUT2D eigenvalue weighted by Crippen LogP contribution is -2.28. The maximum absolute atomic E-state index is 2.55. The minimum Gasteiger partial charge on any atom is -0.312 e. The van der Waals surface area contributed by atoms with Crippen LogP contribution >= 0.6 is 0 Å². The van der Waals surface area contributed by atoms with Gasteiger partial charge in [-0.25, -0.2) is 0 Å². The molecule has 2 heteroatoms. The van der Waals surface area contributed by atoms with Crippen molar-refractivity contribution >= 4 is 91.1 Å². The van der Waals surface area contributed by atoms with E-state index < -0.39 is 0 Å². The average molecular weight is 867 g/mol. The molecule has 0 aromatic heterocycles. The summed E-state index contributed by atoms with van der Waals surface area (Å²) in [6, 6.07) is 61.4. The van der Waals surface area contributed by atoms with Crippen LogP contribution < -0.4 is 9.80 Å². The van der Waals surface area contributed by atoms with Crippen LogP contribution in [-0.4, -0.2) is 0 Å². The maximum atomic E-state index is 2.55. The van der Waals surface area contributed by atoms with Gasteiger partial charge in [0.15, 0.2) is 0 Å². The maximum Gasteiger partial charge on any atom is 0.0540 e. The lowest BCUT2D eigenvalue weighted by Gasteiger charge is -2.37. The highest BCUT2D eigenvalue weighted by molar-refractivity contribution is 6.18. The van der Waals surface area contributed by atoms with Crippen LogP contribution in [0.25, 0.3) is 85.0 Å². The number of rotatable bonds is 4. The number of benzene rings is 9. The quantitative estimate of drug-likeness (QED) is 0.163. The van der Waals surface area contributed by atoms with E-state index >= 15 is 0 Å². The Hall–Kier alpha value is -8.46. The Labute approximate surface area is 397 Å². The molecule has 0 fully saturated rings. The molecular formula is C66H46N2. The Morgan fingerprint density at radius 1 is 0.412 bits per heavy atom. The summed E-state index contributed by atoms with van der Waals surface area (Å²) >= 11 is 0. The van der Waals surface area contributed by atoms with Crippen molar-refractivity contribution < 1.29 is 0 Å². The molecule has 2 nitrogen and oxygen atoms in total. The van der Waals surface area contributed by atoms with Crippen molar-refractivity contribution in [2.75, 3.05) is 9.80 Å². The third-order valence-electron chi connectivity index (χ3n) is 14.9. The van der Waals surface area contributed by atoms with Crippen molar-refractivity contribution in [3.8, 4) is 22.3 Å². The fourth-order valence-corrected chi connectivity index (χ4v) is 11.8. The normalized spacial score (nSPS) is 17.3. The smallest absolute Gasteiger partial charge is 0.0540 e. The van der Waals surface area contributed by atoms with Crippen molar-refractivity contribution in [3.63, 3.8) is 0 Å². The summed E-state index contributed by atoms with van der Waals surface area (Å²) in [5.74, 6) is 0.572. The third kappa shape index (κ3) is 6.11. The summed E-state index contributed by atoms with van der Waals surface area (Å²) < 4.78 is 0. The zero-order valence-electron chi connectivity index (χ0n) is 37.6. The Morgan fingerprint density at radius 2 is 1.00 bits per heavy atom. The summed E-state index contributed by atoms with van der Waals surface area (Å²) in [4.78, 5) is 5.03. The molecule has 9 aromatic carbocycles. The number of anilines is 5. The van der Waals surface area contributed by atoms with Gasteiger partial charge in [-0.05, 0) is 144 Å². The molecule has 0 radical (unpaired) electrons.